The van der Waals surface area contributed by atoms with Gasteiger partial charge in [0.15, 0.2) is 18.9 Å². The van der Waals surface area contributed by atoms with Gasteiger partial charge in [-0.2, -0.15) is 0 Å². The number of rotatable bonds is 8. The Labute approximate surface area is 377 Å². The van der Waals surface area contributed by atoms with E-state index in [1.165, 1.54) is 18.1 Å². The van der Waals surface area contributed by atoms with E-state index in [0.29, 0.717) is 12.8 Å². The summed E-state index contributed by atoms with van der Waals surface area (Å²) in [6.07, 6.45) is -12.2. The van der Waals surface area contributed by atoms with E-state index in [9.17, 15) is 51.1 Å². The highest BCUT2D eigenvalue weighted by Crippen LogP contribution is 2.74. The van der Waals surface area contributed by atoms with Crippen molar-refractivity contribution < 1.29 is 79.5 Å². The minimum Gasteiger partial charge on any atom is -0.395 e. The van der Waals surface area contributed by atoms with Crippen LogP contribution in [0, 0.1) is 44.3 Å². The maximum Gasteiger partial charge on any atom is 0.187 e. The second-order valence-electron chi connectivity index (χ2n) is 23.2. The molecule has 8 aliphatic rings. The van der Waals surface area contributed by atoms with Gasteiger partial charge < -0.3 is 79.5 Å². The van der Waals surface area contributed by atoms with E-state index < -0.39 is 122 Å². The summed E-state index contributed by atoms with van der Waals surface area (Å²) in [6.45, 7) is 18.5. The first-order valence-corrected chi connectivity index (χ1v) is 23.8. The number of hydrogen-bond donors (Lipinski definition) is 10. The summed E-state index contributed by atoms with van der Waals surface area (Å²) in [4.78, 5) is 0. The third kappa shape index (κ3) is 7.46. The van der Waals surface area contributed by atoms with E-state index in [2.05, 4.69) is 60.6 Å². The fourth-order valence-electron chi connectivity index (χ4n) is 14.4. The number of hydrogen-bond acceptors (Lipinski definition) is 16. The summed E-state index contributed by atoms with van der Waals surface area (Å²) < 4.78 is 37.0. The van der Waals surface area contributed by atoms with Gasteiger partial charge in [-0.3, -0.25) is 0 Å². The zero-order valence-electron chi connectivity index (χ0n) is 39.1. The standard InChI is InChI=1S/C48H78O16/c1-22-31(52)34(55)37(58)40(59-22)63-39-36(57)33(54)26(20-49)61-42(39)64-38-35(56)32(53)23(2)60-41(38)62-30-13-14-45(7)27(44(30,5)6)12-15-46(8)28(45)11-10-24-25-18-43(3,4)16-17-48(25,21-50)29(51)19-47(24,46)9/h10-11,22-23,26-42,49-58H,12-21H2,1-9H3/t22-,23+,26+,27-,28+,29+,30-,31-,32-,33+,34+,35-,36-,37+,38+,39+,40-,41-,42-,45-,46+,47+,48+/m0/s1. The summed E-state index contributed by atoms with van der Waals surface area (Å²) in [5.41, 5.74) is 0.903. The topological polar surface area (TPSA) is 258 Å². The third-order valence-corrected chi connectivity index (χ3v) is 18.8. The first-order valence-electron chi connectivity index (χ1n) is 23.8. The zero-order valence-corrected chi connectivity index (χ0v) is 39.1. The molecular weight excluding hydrogens is 833 g/mol. The lowest BCUT2D eigenvalue weighted by Gasteiger charge is -2.70. The molecular formula is C48H78O16. The molecule has 16 heteroatoms. The number of fused-ring (bicyclic) bond motifs is 6. The maximum atomic E-state index is 12.1. The summed E-state index contributed by atoms with van der Waals surface area (Å²) in [6, 6.07) is 0. The van der Waals surface area contributed by atoms with Gasteiger partial charge in [0, 0.05) is 10.8 Å². The average molecular weight is 911 g/mol. The molecule has 0 unspecified atom stereocenters. The maximum absolute atomic E-state index is 12.1. The van der Waals surface area contributed by atoms with E-state index in [1.807, 2.05) is 0 Å². The number of ether oxygens (including phenoxy) is 6. The van der Waals surface area contributed by atoms with Gasteiger partial charge in [0.1, 0.15) is 61.0 Å². The van der Waals surface area contributed by atoms with Crippen molar-refractivity contribution in [3.63, 3.8) is 0 Å². The monoisotopic (exact) mass is 911 g/mol. The minimum atomic E-state index is -1.80. The highest BCUT2D eigenvalue weighted by molar-refractivity contribution is 5.47. The molecule has 8 rings (SSSR count). The quantitative estimate of drug-likeness (QED) is 0.155. The predicted octanol–water partition coefficient (Wildman–Crippen LogP) is 1.56. The van der Waals surface area contributed by atoms with Crippen molar-refractivity contribution in [3.8, 4) is 0 Å². The highest BCUT2D eigenvalue weighted by atomic mass is 16.8. The van der Waals surface area contributed by atoms with Crippen LogP contribution in [0.15, 0.2) is 23.3 Å². The minimum absolute atomic E-state index is 0.0557. The van der Waals surface area contributed by atoms with Gasteiger partial charge in [-0.1, -0.05) is 66.2 Å². The summed E-state index contributed by atoms with van der Waals surface area (Å²) in [5, 5.41) is 110. The first-order chi connectivity index (χ1) is 29.8. The average Bonchev–Trinajstić information content (AvgIpc) is 3.23. The Morgan fingerprint density at radius 3 is 1.88 bits per heavy atom. The van der Waals surface area contributed by atoms with Gasteiger partial charge >= 0.3 is 0 Å². The molecule has 64 heavy (non-hydrogen) atoms. The molecule has 0 spiro atoms. The Balaban J connectivity index is 1.06. The van der Waals surface area contributed by atoms with E-state index >= 15 is 0 Å². The van der Waals surface area contributed by atoms with Crippen molar-refractivity contribution in [1.82, 2.24) is 0 Å². The molecule has 0 aromatic rings. The fourth-order valence-corrected chi connectivity index (χ4v) is 14.4. The van der Waals surface area contributed by atoms with Crippen LogP contribution in [0.2, 0.25) is 0 Å². The Kier molecular flexibility index (Phi) is 13.1. The van der Waals surface area contributed by atoms with Crippen molar-refractivity contribution in [1.29, 1.82) is 0 Å². The molecule has 0 bridgehead atoms. The molecule has 3 heterocycles. The van der Waals surface area contributed by atoms with Gasteiger partial charge in [-0.05, 0) is 104 Å². The van der Waals surface area contributed by atoms with Gasteiger partial charge in [-0.25, -0.2) is 0 Å². The molecule has 0 radical (unpaired) electrons. The Hall–Kier alpha value is -1.16. The molecule has 0 aromatic heterocycles. The molecule has 0 amide bonds. The highest BCUT2D eigenvalue weighted by Gasteiger charge is 2.68. The van der Waals surface area contributed by atoms with E-state index in [1.54, 1.807) is 6.92 Å². The second kappa shape index (κ2) is 17.1. The summed E-state index contributed by atoms with van der Waals surface area (Å²) in [7, 11) is 0. The third-order valence-electron chi connectivity index (χ3n) is 18.8. The lowest BCUT2D eigenvalue weighted by Crippen LogP contribution is -2.67. The molecule has 366 valence electrons. The van der Waals surface area contributed by atoms with Crippen LogP contribution in [0.4, 0.5) is 0 Å². The molecule has 0 aromatic carbocycles. The largest absolute Gasteiger partial charge is 0.395 e. The molecule has 6 fully saturated rings. The first kappa shape index (κ1) is 49.3. The molecule has 5 aliphatic carbocycles. The van der Waals surface area contributed by atoms with Gasteiger partial charge in [0.2, 0.25) is 0 Å². The SMILES string of the molecule is C[C@@H]1O[C@@H](O[C@H]2[C@H](O[C@H]3[C@H](O[C@H]4CC[C@]5(C)[C@H]6C=CC7=C8CC(C)(C)CC[C@]8(CO)[C@H](O)C[C@@]7(C)[C@]6(C)CC[C@H]5C4(C)C)O[C@H](C)[C@H](O)[C@@H]3O)O[C@H](CO)[C@@H](O)[C@@H]2O)[C@H](O)[C@H](O)[C@H]1O. The van der Waals surface area contributed by atoms with Crippen LogP contribution in [-0.2, 0) is 28.4 Å². The van der Waals surface area contributed by atoms with Crippen molar-refractivity contribution in [3.05, 3.63) is 23.3 Å². The summed E-state index contributed by atoms with van der Waals surface area (Å²) >= 11 is 0. The lowest BCUT2D eigenvalue weighted by molar-refractivity contribution is -0.396. The Morgan fingerprint density at radius 2 is 1.23 bits per heavy atom. The predicted molar refractivity (Wildman–Crippen MR) is 229 cm³/mol. The van der Waals surface area contributed by atoms with Crippen LogP contribution in [0.3, 0.4) is 0 Å². The van der Waals surface area contributed by atoms with Crippen LogP contribution >= 0.6 is 0 Å². The number of allylic oxidation sites excluding steroid dienone is 3. The molecule has 3 aliphatic heterocycles. The van der Waals surface area contributed by atoms with Crippen molar-refractivity contribution in [2.75, 3.05) is 13.2 Å². The fraction of sp³-hybridized carbons (Fsp3) is 0.917. The Morgan fingerprint density at radius 1 is 0.641 bits per heavy atom. The van der Waals surface area contributed by atoms with Crippen LogP contribution in [0.25, 0.3) is 0 Å². The molecule has 3 saturated heterocycles. The number of aliphatic hydroxyl groups is 10. The molecule has 23 atom stereocenters. The van der Waals surface area contributed by atoms with Crippen LogP contribution < -0.4 is 0 Å². The van der Waals surface area contributed by atoms with Crippen LogP contribution in [-0.4, -0.2) is 169 Å². The van der Waals surface area contributed by atoms with Gasteiger partial charge in [0.05, 0.1) is 37.6 Å². The smallest absolute Gasteiger partial charge is 0.187 e. The van der Waals surface area contributed by atoms with Crippen molar-refractivity contribution in [2.24, 2.45) is 44.3 Å². The summed E-state index contributed by atoms with van der Waals surface area (Å²) in [5.74, 6) is 0.354. The van der Waals surface area contributed by atoms with Crippen molar-refractivity contribution >= 4 is 0 Å². The zero-order chi connectivity index (χ0) is 46.9. The van der Waals surface area contributed by atoms with Gasteiger partial charge in [0.25, 0.3) is 0 Å². The number of aliphatic hydroxyl groups excluding tert-OH is 10. The second-order valence-corrected chi connectivity index (χ2v) is 23.2. The normalized spacial score (nSPS) is 54.6. The van der Waals surface area contributed by atoms with Gasteiger partial charge in [-0.15, -0.1) is 0 Å². The van der Waals surface area contributed by atoms with Crippen LogP contribution in [0.5, 0.6) is 0 Å². The van der Waals surface area contributed by atoms with E-state index in [0.717, 1.165) is 38.5 Å². The van der Waals surface area contributed by atoms with Crippen molar-refractivity contribution in [2.45, 2.75) is 218 Å². The molecule has 3 saturated carbocycles. The molecule has 10 N–H and O–H groups in total. The molecule has 16 nitrogen and oxygen atoms in total. The Bertz CT molecular complexity index is 1770. The lowest BCUT2D eigenvalue weighted by atomic mass is 9.35. The van der Waals surface area contributed by atoms with E-state index in [4.69, 9.17) is 28.4 Å². The van der Waals surface area contributed by atoms with E-state index in [-0.39, 0.29) is 40.1 Å². The van der Waals surface area contributed by atoms with Crippen LogP contribution in [0.1, 0.15) is 114 Å².